The maximum atomic E-state index is 13.7. The second-order valence-electron chi connectivity index (χ2n) is 8.15. The summed E-state index contributed by atoms with van der Waals surface area (Å²) in [4.78, 5) is 31.6. The van der Waals surface area contributed by atoms with E-state index in [9.17, 15) is 9.59 Å². The van der Waals surface area contributed by atoms with Crippen LogP contribution in [0.5, 0.6) is 0 Å². The molecule has 174 valence electrons. The van der Waals surface area contributed by atoms with Crippen LogP contribution in [-0.4, -0.2) is 54.5 Å². The maximum Gasteiger partial charge on any atom is 0.290 e. The van der Waals surface area contributed by atoms with Crippen molar-refractivity contribution in [2.45, 2.75) is 32.7 Å². The van der Waals surface area contributed by atoms with E-state index in [1.165, 1.54) is 16.7 Å². The zero-order chi connectivity index (χ0) is 23.2. The van der Waals surface area contributed by atoms with Gasteiger partial charge < -0.3 is 19.0 Å². The summed E-state index contributed by atoms with van der Waals surface area (Å²) in [6, 6.07) is 13.5. The minimum Gasteiger partial charge on any atom is -0.459 e. The van der Waals surface area contributed by atoms with E-state index in [2.05, 4.69) is 30.5 Å². The molecule has 1 aliphatic heterocycles. The van der Waals surface area contributed by atoms with Crippen molar-refractivity contribution in [3.8, 4) is 0 Å². The molecule has 1 aromatic carbocycles. The van der Waals surface area contributed by atoms with Gasteiger partial charge in [-0.2, -0.15) is 0 Å². The lowest BCUT2D eigenvalue weighted by Gasteiger charge is -2.38. The minimum atomic E-state index is -0.273. The smallest absolute Gasteiger partial charge is 0.290 e. The molecular formula is C26H30N2O4S. The Morgan fingerprint density at radius 2 is 2.03 bits per heavy atom. The molecule has 0 spiro atoms. The number of ether oxygens (including phenoxy) is 1. The van der Waals surface area contributed by atoms with Gasteiger partial charge in [0.1, 0.15) is 6.54 Å². The van der Waals surface area contributed by atoms with Crippen LogP contribution in [0, 0.1) is 6.92 Å². The zero-order valence-corrected chi connectivity index (χ0v) is 20.0. The van der Waals surface area contributed by atoms with Gasteiger partial charge in [0, 0.05) is 31.2 Å². The maximum absolute atomic E-state index is 13.7. The van der Waals surface area contributed by atoms with Crippen molar-refractivity contribution in [3.63, 3.8) is 0 Å². The molecule has 0 aliphatic carbocycles. The van der Waals surface area contributed by atoms with Crippen LogP contribution in [0.2, 0.25) is 0 Å². The number of amides is 2. The van der Waals surface area contributed by atoms with Crippen LogP contribution in [0.3, 0.4) is 0 Å². The zero-order valence-electron chi connectivity index (χ0n) is 19.2. The summed E-state index contributed by atoms with van der Waals surface area (Å²) in [5.41, 5.74) is 3.47. The van der Waals surface area contributed by atoms with Crippen molar-refractivity contribution in [2.75, 3.05) is 32.8 Å². The molecule has 0 fully saturated rings. The average molecular weight is 467 g/mol. The topological polar surface area (TPSA) is 63.0 Å². The van der Waals surface area contributed by atoms with E-state index in [0.29, 0.717) is 32.7 Å². The number of carbonyl (C=O) groups excluding carboxylic acids is 2. The highest BCUT2D eigenvalue weighted by Gasteiger charge is 2.34. The van der Waals surface area contributed by atoms with Crippen molar-refractivity contribution in [3.05, 3.63) is 81.4 Å². The van der Waals surface area contributed by atoms with Crippen LogP contribution in [0.15, 0.2) is 58.5 Å². The third kappa shape index (κ3) is 5.20. The molecule has 4 rings (SSSR count). The average Bonchev–Trinajstić information content (AvgIpc) is 3.52. The summed E-state index contributed by atoms with van der Waals surface area (Å²) >= 11 is 1.75. The summed E-state index contributed by atoms with van der Waals surface area (Å²) in [6.45, 7) is 6.26. The van der Waals surface area contributed by atoms with Gasteiger partial charge in [0.25, 0.3) is 5.91 Å². The molecule has 1 atom stereocenters. The Balaban J connectivity index is 1.58. The number of rotatable bonds is 9. The first-order chi connectivity index (χ1) is 16.1. The van der Waals surface area contributed by atoms with Gasteiger partial charge in [0.05, 0.1) is 12.3 Å². The Morgan fingerprint density at radius 1 is 1.18 bits per heavy atom. The van der Waals surface area contributed by atoms with E-state index in [0.717, 1.165) is 17.5 Å². The lowest BCUT2D eigenvalue weighted by atomic mass is 9.90. The van der Waals surface area contributed by atoms with Gasteiger partial charge in [-0.3, -0.25) is 9.59 Å². The fraction of sp³-hybridized carbons (Fsp3) is 0.385. The monoisotopic (exact) mass is 466 g/mol. The molecule has 2 amide bonds. The number of furan rings is 1. The summed E-state index contributed by atoms with van der Waals surface area (Å²) in [6.07, 6.45) is 2.96. The molecule has 1 unspecified atom stereocenters. The molecule has 1 aliphatic rings. The first kappa shape index (κ1) is 23.3. The number of nitrogens with zero attached hydrogens (tertiary/aromatic N) is 2. The van der Waals surface area contributed by atoms with Gasteiger partial charge in [0.2, 0.25) is 5.91 Å². The van der Waals surface area contributed by atoms with Gasteiger partial charge in [-0.1, -0.05) is 24.3 Å². The Morgan fingerprint density at radius 3 is 2.79 bits per heavy atom. The third-order valence-corrected chi connectivity index (χ3v) is 7.03. The Kier molecular flexibility index (Phi) is 7.62. The number of fused-ring (bicyclic) bond motifs is 1. The quantitative estimate of drug-likeness (QED) is 0.429. The highest BCUT2D eigenvalue weighted by Crippen LogP contribution is 2.39. The van der Waals surface area contributed by atoms with Crippen molar-refractivity contribution in [1.29, 1.82) is 0 Å². The minimum absolute atomic E-state index is 0.00745. The number of hydrogen-bond acceptors (Lipinski definition) is 5. The van der Waals surface area contributed by atoms with Crippen LogP contribution in [0.1, 0.15) is 51.5 Å². The van der Waals surface area contributed by atoms with E-state index in [1.54, 1.807) is 28.4 Å². The lowest BCUT2D eigenvalue weighted by Crippen LogP contribution is -2.47. The number of benzene rings is 1. The van der Waals surface area contributed by atoms with Crippen LogP contribution in [0.25, 0.3) is 0 Å². The summed E-state index contributed by atoms with van der Waals surface area (Å²) in [7, 11) is 0. The highest BCUT2D eigenvalue weighted by molar-refractivity contribution is 7.10. The summed E-state index contributed by atoms with van der Waals surface area (Å²) in [5.74, 6) is -0.0876. The molecular weight excluding hydrogens is 436 g/mol. The predicted molar refractivity (Wildman–Crippen MR) is 128 cm³/mol. The molecule has 0 saturated carbocycles. The standard InChI is InChI=1S/C26H30N2O4S/c1-3-31-15-7-13-27(26(30)22-10-6-16-32-22)18-24(29)28-14-11-23-21(12-17-33-23)25(28)20-9-5-4-8-19(20)2/h4-6,8-10,12,16-17,25H,3,7,11,13-15,18H2,1-2H3. The van der Waals surface area contributed by atoms with Crippen molar-refractivity contribution < 1.29 is 18.7 Å². The molecule has 33 heavy (non-hydrogen) atoms. The molecule has 2 aromatic heterocycles. The molecule has 0 N–H and O–H groups in total. The number of thiophene rings is 1. The lowest BCUT2D eigenvalue weighted by molar-refractivity contribution is -0.134. The fourth-order valence-electron chi connectivity index (χ4n) is 4.38. The van der Waals surface area contributed by atoms with Gasteiger partial charge in [-0.05, 0) is 67.0 Å². The van der Waals surface area contributed by atoms with E-state index in [4.69, 9.17) is 9.15 Å². The van der Waals surface area contributed by atoms with Gasteiger partial charge >= 0.3 is 0 Å². The number of carbonyl (C=O) groups is 2. The molecule has 6 nitrogen and oxygen atoms in total. The second kappa shape index (κ2) is 10.8. The van der Waals surface area contributed by atoms with Crippen molar-refractivity contribution >= 4 is 23.2 Å². The van der Waals surface area contributed by atoms with Crippen molar-refractivity contribution in [1.82, 2.24) is 9.80 Å². The van der Waals surface area contributed by atoms with Gasteiger partial charge in [-0.15, -0.1) is 11.3 Å². The molecule has 0 saturated heterocycles. The van der Waals surface area contributed by atoms with Crippen LogP contribution in [-0.2, 0) is 16.0 Å². The van der Waals surface area contributed by atoms with Gasteiger partial charge in [0.15, 0.2) is 5.76 Å². The number of aryl methyl sites for hydroxylation is 1. The normalized spacial score (nSPS) is 15.3. The largest absolute Gasteiger partial charge is 0.459 e. The second-order valence-corrected chi connectivity index (χ2v) is 9.15. The Bertz CT molecular complexity index is 1080. The van der Waals surface area contributed by atoms with E-state index in [-0.39, 0.29) is 30.2 Å². The number of hydrogen-bond donors (Lipinski definition) is 0. The molecule has 0 bridgehead atoms. The van der Waals surface area contributed by atoms with Crippen LogP contribution >= 0.6 is 11.3 Å². The fourth-order valence-corrected chi connectivity index (χ4v) is 5.28. The first-order valence-electron chi connectivity index (χ1n) is 11.4. The predicted octanol–water partition coefficient (Wildman–Crippen LogP) is 4.69. The van der Waals surface area contributed by atoms with Crippen LogP contribution in [0.4, 0.5) is 0 Å². The molecule has 0 radical (unpaired) electrons. The van der Waals surface area contributed by atoms with Crippen molar-refractivity contribution in [2.24, 2.45) is 0 Å². The first-order valence-corrected chi connectivity index (χ1v) is 12.3. The van der Waals surface area contributed by atoms with E-state index >= 15 is 0 Å². The van der Waals surface area contributed by atoms with Crippen LogP contribution < -0.4 is 0 Å². The Labute approximate surface area is 198 Å². The SMILES string of the molecule is CCOCCCN(CC(=O)N1CCc2sccc2C1c1ccccc1C)C(=O)c1ccco1. The van der Waals surface area contributed by atoms with E-state index < -0.39 is 0 Å². The molecule has 7 heteroatoms. The molecule has 3 heterocycles. The summed E-state index contributed by atoms with van der Waals surface area (Å²) in [5, 5.41) is 2.10. The summed E-state index contributed by atoms with van der Waals surface area (Å²) < 4.78 is 10.8. The van der Waals surface area contributed by atoms with E-state index in [1.807, 2.05) is 24.0 Å². The Hall–Kier alpha value is -2.90. The molecule has 3 aromatic rings. The van der Waals surface area contributed by atoms with Gasteiger partial charge in [-0.25, -0.2) is 0 Å². The highest BCUT2D eigenvalue weighted by atomic mass is 32.1. The third-order valence-electron chi connectivity index (χ3n) is 6.04.